The second kappa shape index (κ2) is 9.52. The predicted molar refractivity (Wildman–Crippen MR) is 131 cm³/mol. The van der Waals surface area contributed by atoms with Gasteiger partial charge in [0.05, 0.1) is 23.1 Å². The Balaban J connectivity index is 2.08. The van der Waals surface area contributed by atoms with Crippen LogP contribution in [-0.4, -0.2) is 51.9 Å². The fraction of sp³-hybridized carbons (Fsp3) is 0.300. The van der Waals surface area contributed by atoms with E-state index in [-0.39, 0.29) is 31.2 Å². The van der Waals surface area contributed by atoms with Crippen LogP contribution in [0, 0.1) is 0 Å². The van der Waals surface area contributed by atoms with Crippen LogP contribution in [0.1, 0.15) is 24.7 Å². The third kappa shape index (κ3) is 4.73. The van der Waals surface area contributed by atoms with Gasteiger partial charge >= 0.3 is 0 Å². The number of amidine groups is 1. The number of aliphatic imine (C=N–C) groups is 1. The van der Waals surface area contributed by atoms with Crippen molar-refractivity contribution in [1.82, 2.24) is 14.7 Å². The number of nitrogens with two attached hydrogens (primary N) is 3. The van der Waals surface area contributed by atoms with Crippen LogP contribution in [0.15, 0.2) is 55.3 Å². The topological polar surface area (TPSA) is 224 Å². The summed E-state index contributed by atoms with van der Waals surface area (Å²) in [7, 11) is -8.94. The molecule has 13 nitrogen and oxygen atoms in total. The normalized spacial score (nSPS) is 15.0. The lowest BCUT2D eigenvalue weighted by molar-refractivity contribution is 0.539. The summed E-state index contributed by atoms with van der Waals surface area (Å²) in [5.74, 6) is 0.466. The molecule has 0 aliphatic carbocycles. The van der Waals surface area contributed by atoms with Crippen LogP contribution >= 0.6 is 0 Å². The van der Waals surface area contributed by atoms with E-state index >= 15 is 0 Å². The number of benzene rings is 2. The molecule has 2 heterocycles. The Morgan fingerprint density at radius 3 is 2.49 bits per heavy atom. The van der Waals surface area contributed by atoms with E-state index in [1.807, 2.05) is 0 Å². The number of hydrogen-bond acceptors (Lipinski definition) is 10. The molecule has 186 valence electrons. The van der Waals surface area contributed by atoms with Gasteiger partial charge in [-0.1, -0.05) is 25.1 Å². The number of H-pyrrole nitrogens is 1. The highest BCUT2D eigenvalue weighted by molar-refractivity contribution is 7.92. The zero-order chi connectivity index (χ0) is 25.4. The number of primary sulfonamides is 1. The fourth-order valence-electron chi connectivity index (χ4n) is 3.84. The van der Waals surface area contributed by atoms with E-state index in [9.17, 15) is 16.8 Å². The Morgan fingerprint density at radius 2 is 1.89 bits per heavy atom. The summed E-state index contributed by atoms with van der Waals surface area (Å²) in [6.07, 6.45) is 0.400. The molecule has 0 saturated carbocycles. The first kappa shape index (κ1) is 25.0. The Hall–Kier alpha value is -3.08. The maximum absolute atomic E-state index is 13.3. The molecule has 0 saturated heterocycles. The average Bonchev–Trinajstić information content (AvgIpc) is 3.50. The molecule has 0 unspecified atom stereocenters. The molecule has 2 aromatic carbocycles. The van der Waals surface area contributed by atoms with Gasteiger partial charge in [-0.25, -0.2) is 36.7 Å². The smallest absolute Gasteiger partial charge is 0.242 e. The van der Waals surface area contributed by atoms with Gasteiger partial charge in [-0.3, -0.25) is 0 Å². The van der Waals surface area contributed by atoms with Gasteiger partial charge in [0.1, 0.15) is 15.6 Å². The first-order valence-electron chi connectivity index (χ1n) is 10.6. The number of rotatable bonds is 9. The third-order valence-electron chi connectivity index (χ3n) is 5.51. The minimum absolute atomic E-state index is 0.0247. The van der Waals surface area contributed by atoms with Crippen molar-refractivity contribution in [2.45, 2.75) is 35.7 Å². The summed E-state index contributed by atoms with van der Waals surface area (Å²) in [5.41, 5.74) is 13.3. The average molecular weight is 520 g/mol. The number of fused-ring (bicyclic) bond motifs is 1. The molecule has 0 spiro atoms. The van der Waals surface area contributed by atoms with Gasteiger partial charge in [0.2, 0.25) is 20.0 Å². The lowest BCUT2D eigenvalue weighted by atomic mass is 9.97. The molecule has 1 aromatic heterocycles. The summed E-state index contributed by atoms with van der Waals surface area (Å²) >= 11 is 0. The van der Waals surface area contributed by atoms with E-state index in [1.165, 1.54) is 12.1 Å². The second-order valence-electron chi connectivity index (χ2n) is 7.78. The van der Waals surface area contributed by atoms with E-state index in [4.69, 9.17) is 16.6 Å². The number of nitrogens with one attached hydrogen (secondary N) is 2. The zero-order valence-corrected chi connectivity index (χ0v) is 20.4. The summed E-state index contributed by atoms with van der Waals surface area (Å²) in [4.78, 5) is 10.6. The van der Waals surface area contributed by atoms with Crippen molar-refractivity contribution in [3.8, 4) is 11.1 Å². The van der Waals surface area contributed by atoms with Crippen molar-refractivity contribution in [3.05, 3.63) is 41.7 Å². The van der Waals surface area contributed by atoms with E-state index in [1.54, 1.807) is 25.1 Å². The van der Waals surface area contributed by atoms with Crippen LogP contribution in [0.3, 0.4) is 0 Å². The highest BCUT2D eigenvalue weighted by Crippen LogP contribution is 2.37. The Morgan fingerprint density at radius 1 is 1.11 bits per heavy atom. The molecule has 3 aromatic rings. The van der Waals surface area contributed by atoms with Crippen LogP contribution in [0.25, 0.3) is 22.2 Å². The van der Waals surface area contributed by atoms with Gasteiger partial charge < -0.3 is 16.5 Å². The van der Waals surface area contributed by atoms with E-state index in [2.05, 4.69) is 29.9 Å². The monoisotopic (exact) mass is 519 g/mol. The minimum atomic E-state index is -4.60. The lowest BCUT2D eigenvalue weighted by Gasteiger charge is -2.19. The van der Waals surface area contributed by atoms with E-state index in [0.29, 0.717) is 34.4 Å². The Bertz CT molecular complexity index is 1560. The minimum Gasteiger partial charge on any atom is -0.341 e. The van der Waals surface area contributed by atoms with Crippen molar-refractivity contribution in [1.29, 1.82) is 0 Å². The number of azo groups is 1. The van der Waals surface area contributed by atoms with Crippen LogP contribution < -0.4 is 21.3 Å². The molecule has 1 aliphatic rings. The molecule has 0 amide bonds. The van der Waals surface area contributed by atoms with Crippen molar-refractivity contribution >= 4 is 36.9 Å². The molecule has 0 fully saturated rings. The largest absolute Gasteiger partial charge is 0.341 e. The van der Waals surface area contributed by atoms with Gasteiger partial charge in [-0.05, 0) is 24.1 Å². The molecule has 1 atom stereocenters. The van der Waals surface area contributed by atoms with Crippen LogP contribution in [0.4, 0.5) is 0 Å². The Labute approximate surface area is 202 Å². The second-order valence-corrected chi connectivity index (χ2v) is 11.0. The molecular formula is C20H25N9O4S2. The maximum Gasteiger partial charge on any atom is 0.242 e. The molecule has 35 heavy (non-hydrogen) atoms. The van der Waals surface area contributed by atoms with Gasteiger partial charge in [0.25, 0.3) is 0 Å². The number of para-hydroxylation sites is 1. The Kier molecular flexibility index (Phi) is 6.81. The van der Waals surface area contributed by atoms with Crippen LogP contribution in [-0.2, 0) is 26.6 Å². The summed E-state index contributed by atoms with van der Waals surface area (Å²) in [6.45, 7) is 1.90. The van der Waals surface area contributed by atoms with Gasteiger partial charge in [0, 0.05) is 18.2 Å². The predicted octanol–water partition coefficient (Wildman–Crippen LogP) is 0.522. The van der Waals surface area contributed by atoms with E-state index < -0.39 is 35.9 Å². The third-order valence-corrected chi connectivity index (χ3v) is 8.20. The van der Waals surface area contributed by atoms with Crippen LogP contribution in [0.5, 0.6) is 0 Å². The van der Waals surface area contributed by atoms with Gasteiger partial charge in [0.15, 0.2) is 12.5 Å². The van der Waals surface area contributed by atoms with Crippen molar-refractivity contribution < 1.29 is 16.8 Å². The number of hydrogen-bond donors (Lipinski definition) is 5. The number of aromatic nitrogens is 2. The highest BCUT2D eigenvalue weighted by atomic mass is 32.2. The number of imidazole rings is 1. The van der Waals surface area contributed by atoms with Gasteiger partial charge in [-0.2, -0.15) is 5.11 Å². The molecule has 1 aliphatic heterocycles. The lowest BCUT2D eigenvalue weighted by Crippen LogP contribution is -2.40. The van der Waals surface area contributed by atoms with Crippen LogP contribution in [0.2, 0.25) is 0 Å². The molecule has 15 heteroatoms. The summed E-state index contributed by atoms with van der Waals surface area (Å²) < 4.78 is 54.8. The van der Waals surface area contributed by atoms with E-state index in [0.717, 1.165) is 0 Å². The molecule has 0 radical (unpaired) electrons. The highest BCUT2D eigenvalue weighted by Gasteiger charge is 2.33. The number of aromatic amines is 1. The summed E-state index contributed by atoms with van der Waals surface area (Å²) in [6, 6.07) is 7.31. The van der Waals surface area contributed by atoms with Crippen molar-refractivity contribution in [3.63, 3.8) is 0 Å². The number of sulfonamides is 2. The molecule has 8 N–H and O–H groups in total. The fourth-order valence-corrected chi connectivity index (χ4v) is 6.77. The quantitative estimate of drug-likeness (QED) is 0.269. The zero-order valence-electron chi connectivity index (χ0n) is 18.8. The number of nitrogens with zero attached hydrogens (tertiary/aromatic N) is 4. The van der Waals surface area contributed by atoms with Gasteiger partial charge in [-0.15, -0.1) is 5.11 Å². The maximum atomic E-state index is 13.3. The molecule has 4 rings (SSSR count). The summed E-state index contributed by atoms with van der Waals surface area (Å²) in [5, 5.41) is 13.4. The molecule has 0 bridgehead atoms. The first-order valence-corrected chi connectivity index (χ1v) is 13.7. The standard InChI is InChI=1S/C20H25N9O4S2/c1-2-11(8-21)29-35(32,33)15-7-6-12(13-4-3-5-14-18(13)27-16(9-22)26-14)17(19(15)34(23,30)31)20-24-10-25-28-20/h3-7,11,29H,2,8-10,21-22H2,1H3,(H,26,27)(H2,23,30,31)/t11-/m1/s1. The van der Waals surface area contributed by atoms with Crippen molar-refractivity contribution in [2.24, 2.45) is 31.8 Å². The first-order chi connectivity index (χ1) is 16.6. The van der Waals surface area contributed by atoms with Crippen molar-refractivity contribution in [2.75, 3.05) is 13.2 Å². The SMILES string of the molecule is CC[C@H](CN)NS(=O)(=O)c1ccc(-c2cccc3[nH]c(CN)nc23)c(C2=NCN=N2)c1S(N)(=O)=O. The molecular weight excluding hydrogens is 494 g/mol.